The number of hydrogen-bond acceptors (Lipinski definition) is 3. The Morgan fingerprint density at radius 1 is 1.25 bits per heavy atom. The average molecular weight is 240 g/mol. The van der Waals surface area contributed by atoms with Gasteiger partial charge in [0.25, 0.3) is 0 Å². The highest BCUT2D eigenvalue weighted by Crippen LogP contribution is 2.63. The van der Waals surface area contributed by atoms with Gasteiger partial charge >= 0.3 is 0 Å². The Labute approximate surface area is 101 Å². The predicted molar refractivity (Wildman–Crippen MR) is 68.6 cm³/mol. The highest BCUT2D eigenvalue weighted by Gasteiger charge is 2.65. The van der Waals surface area contributed by atoms with Gasteiger partial charge in [-0.3, -0.25) is 0 Å². The fourth-order valence-electron chi connectivity index (χ4n) is 2.26. The number of nitrogen functional groups attached to an aromatic ring is 1. The molecule has 0 unspecified atom stereocenters. The molecule has 0 aliphatic heterocycles. The summed E-state index contributed by atoms with van der Waals surface area (Å²) in [5.41, 5.74) is 7.01. The molecule has 3 nitrogen and oxygen atoms in total. The maximum absolute atomic E-state index is 5.86. The molecular weight excluding hydrogens is 222 g/mol. The summed E-state index contributed by atoms with van der Waals surface area (Å²) in [6.45, 7) is 8.97. The molecule has 16 heavy (non-hydrogen) atoms. The second-order valence-electron chi connectivity index (χ2n) is 5.59. The second-order valence-corrected chi connectivity index (χ2v) is 5.98. The second kappa shape index (κ2) is 3.27. The summed E-state index contributed by atoms with van der Waals surface area (Å²) in [4.78, 5) is 4.21. The van der Waals surface area contributed by atoms with Gasteiger partial charge in [-0.1, -0.05) is 39.3 Å². The van der Waals surface area contributed by atoms with E-state index in [2.05, 4.69) is 38.0 Å². The lowest BCUT2D eigenvalue weighted by molar-refractivity contribution is 0.457. The van der Waals surface area contributed by atoms with Crippen LogP contribution in [-0.2, 0) is 0 Å². The van der Waals surface area contributed by atoms with Crippen molar-refractivity contribution in [3.05, 3.63) is 17.3 Å². The third-order valence-electron chi connectivity index (χ3n) is 4.19. The smallest absolute Gasteiger partial charge is 0.151 e. The molecule has 0 aromatic carbocycles. The Hall–Kier alpha value is -0.960. The zero-order chi connectivity index (χ0) is 12.1. The van der Waals surface area contributed by atoms with Crippen molar-refractivity contribution in [1.29, 1.82) is 0 Å². The van der Waals surface area contributed by atoms with Gasteiger partial charge in [-0.25, -0.2) is 4.98 Å². The standard InChI is InChI=1S/C12H18ClN3/c1-11(2)10(12(11,3)4)16-9-7(14)5-6-8(13)15-9/h5-6,10H,14H2,1-4H3,(H,15,16). The number of nitrogens with one attached hydrogen (secondary N) is 1. The number of nitrogens with zero attached hydrogens (tertiary/aromatic N) is 1. The van der Waals surface area contributed by atoms with Gasteiger partial charge in [0.2, 0.25) is 0 Å². The topological polar surface area (TPSA) is 50.9 Å². The van der Waals surface area contributed by atoms with Crippen LogP contribution >= 0.6 is 11.6 Å². The molecule has 1 aromatic heterocycles. The number of nitrogens with two attached hydrogens (primary N) is 1. The summed E-state index contributed by atoms with van der Waals surface area (Å²) in [5.74, 6) is 0.691. The van der Waals surface area contributed by atoms with Crippen LogP contribution in [0.2, 0.25) is 5.15 Å². The van der Waals surface area contributed by atoms with Gasteiger partial charge in [0, 0.05) is 6.04 Å². The number of pyridine rings is 1. The number of aromatic nitrogens is 1. The van der Waals surface area contributed by atoms with Crippen LogP contribution in [0.15, 0.2) is 12.1 Å². The number of rotatable bonds is 2. The van der Waals surface area contributed by atoms with Crippen molar-refractivity contribution in [1.82, 2.24) is 4.98 Å². The van der Waals surface area contributed by atoms with E-state index >= 15 is 0 Å². The lowest BCUT2D eigenvalue weighted by Gasteiger charge is -2.10. The van der Waals surface area contributed by atoms with Gasteiger partial charge in [0.15, 0.2) is 5.82 Å². The van der Waals surface area contributed by atoms with Gasteiger partial charge in [0.05, 0.1) is 5.69 Å². The highest BCUT2D eigenvalue weighted by atomic mass is 35.5. The molecule has 0 saturated heterocycles. The monoisotopic (exact) mass is 239 g/mol. The fourth-order valence-corrected chi connectivity index (χ4v) is 2.40. The minimum atomic E-state index is 0.253. The Bertz CT molecular complexity index is 412. The molecule has 1 fully saturated rings. The third-order valence-corrected chi connectivity index (χ3v) is 4.40. The minimum Gasteiger partial charge on any atom is -0.396 e. The van der Waals surface area contributed by atoms with Crippen molar-refractivity contribution in [2.75, 3.05) is 11.1 Å². The molecule has 0 amide bonds. The number of hydrogen-bond donors (Lipinski definition) is 2. The van der Waals surface area contributed by atoms with Crippen molar-refractivity contribution in [2.24, 2.45) is 10.8 Å². The van der Waals surface area contributed by atoms with Crippen LogP contribution in [-0.4, -0.2) is 11.0 Å². The van der Waals surface area contributed by atoms with Crippen LogP contribution in [0, 0.1) is 10.8 Å². The van der Waals surface area contributed by atoms with Crippen molar-refractivity contribution in [2.45, 2.75) is 33.7 Å². The highest BCUT2D eigenvalue weighted by molar-refractivity contribution is 6.29. The first-order valence-corrected chi connectivity index (χ1v) is 5.83. The van der Waals surface area contributed by atoms with Crippen LogP contribution in [0.1, 0.15) is 27.7 Å². The SMILES string of the molecule is CC1(C)C(Nc2nc(Cl)ccc2N)C1(C)C. The molecule has 0 radical (unpaired) electrons. The van der Waals surface area contributed by atoms with Gasteiger partial charge in [-0.15, -0.1) is 0 Å². The molecular formula is C12H18ClN3. The first kappa shape index (κ1) is 11.5. The lowest BCUT2D eigenvalue weighted by atomic mass is 10.0. The van der Waals surface area contributed by atoms with E-state index in [1.54, 1.807) is 12.1 Å². The summed E-state index contributed by atoms with van der Waals surface area (Å²) >= 11 is 5.86. The maximum Gasteiger partial charge on any atom is 0.151 e. The molecule has 1 saturated carbocycles. The number of anilines is 2. The minimum absolute atomic E-state index is 0.253. The summed E-state index contributed by atoms with van der Waals surface area (Å²) in [7, 11) is 0. The summed E-state index contributed by atoms with van der Waals surface area (Å²) < 4.78 is 0. The van der Waals surface area contributed by atoms with E-state index in [0.717, 1.165) is 0 Å². The molecule has 0 bridgehead atoms. The van der Waals surface area contributed by atoms with Crippen LogP contribution in [0.4, 0.5) is 11.5 Å². The fraction of sp³-hybridized carbons (Fsp3) is 0.583. The molecule has 4 heteroatoms. The van der Waals surface area contributed by atoms with Gasteiger partial charge in [-0.05, 0) is 23.0 Å². The van der Waals surface area contributed by atoms with Crippen molar-refractivity contribution in [3.8, 4) is 0 Å². The molecule has 1 aliphatic rings. The normalized spacial score (nSPS) is 21.8. The van der Waals surface area contributed by atoms with Crippen LogP contribution in [0.25, 0.3) is 0 Å². The van der Waals surface area contributed by atoms with Gasteiger partial charge in [-0.2, -0.15) is 0 Å². The molecule has 88 valence electrons. The molecule has 2 rings (SSSR count). The maximum atomic E-state index is 5.86. The van der Waals surface area contributed by atoms with Crippen molar-refractivity contribution >= 4 is 23.1 Å². The average Bonchev–Trinajstić information content (AvgIpc) is 2.54. The largest absolute Gasteiger partial charge is 0.396 e. The first-order chi connectivity index (χ1) is 7.26. The van der Waals surface area contributed by atoms with Crippen molar-refractivity contribution < 1.29 is 0 Å². The van der Waals surface area contributed by atoms with Gasteiger partial charge in [0.1, 0.15) is 5.15 Å². The predicted octanol–water partition coefficient (Wildman–Crippen LogP) is 3.16. The van der Waals surface area contributed by atoms with E-state index in [4.69, 9.17) is 17.3 Å². The Kier molecular flexibility index (Phi) is 2.35. The van der Waals surface area contributed by atoms with Crippen molar-refractivity contribution in [3.63, 3.8) is 0 Å². The third kappa shape index (κ3) is 1.54. The summed E-state index contributed by atoms with van der Waals surface area (Å²) in [6.07, 6.45) is 0. The molecule has 0 spiro atoms. The molecule has 3 N–H and O–H groups in total. The van der Waals surface area contributed by atoms with E-state index in [1.165, 1.54) is 0 Å². The summed E-state index contributed by atoms with van der Waals surface area (Å²) in [5, 5.41) is 3.85. The zero-order valence-electron chi connectivity index (χ0n) is 10.1. The van der Waals surface area contributed by atoms with Crippen LogP contribution in [0.5, 0.6) is 0 Å². The number of halogens is 1. The Balaban J connectivity index is 2.21. The molecule has 1 aromatic rings. The molecule has 1 heterocycles. The van der Waals surface area contributed by atoms with E-state index in [0.29, 0.717) is 22.7 Å². The van der Waals surface area contributed by atoms with E-state index in [9.17, 15) is 0 Å². The van der Waals surface area contributed by atoms with E-state index in [1.807, 2.05) is 0 Å². The van der Waals surface area contributed by atoms with Gasteiger partial charge < -0.3 is 11.1 Å². The van der Waals surface area contributed by atoms with Crippen LogP contribution < -0.4 is 11.1 Å². The quantitative estimate of drug-likeness (QED) is 0.780. The zero-order valence-corrected chi connectivity index (χ0v) is 10.9. The Morgan fingerprint density at radius 3 is 2.31 bits per heavy atom. The Morgan fingerprint density at radius 2 is 1.81 bits per heavy atom. The van der Waals surface area contributed by atoms with E-state index in [-0.39, 0.29) is 10.8 Å². The molecule has 1 aliphatic carbocycles. The van der Waals surface area contributed by atoms with E-state index < -0.39 is 0 Å². The lowest BCUT2D eigenvalue weighted by Crippen LogP contribution is -2.12. The molecule has 0 atom stereocenters. The first-order valence-electron chi connectivity index (χ1n) is 5.45. The van der Waals surface area contributed by atoms with Crippen LogP contribution in [0.3, 0.4) is 0 Å². The summed E-state index contributed by atoms with van der Waals surface area (Å²) in [6, 6.07) is 3.86.